The van der Waals surface area contributed by atoms with Crippen LogP contribution in [0.5, 0.6) is 0 Å². The van der Waals surface area contributed by atoms with Crippen molar-refractivity contribution >= 4 is 23.4 Å². The molecule has 0 fully saturated rings. The molecule has 0 saturated carbocycles. The average Bonchev–Trinajstić information content (AvgIpc) is 2.54. The number of hydrogen-bond acceptors (Lipinski definition) is 5. The molecule has 1 aromatic rings. The summed E-state index contributed by atoms with van der Waals surface area (Å²) in [5, 5.41) is 4.43. The summed E-state index contributed by atoms with van der Waals surface area (Å²) in [6.45, 7) is 3.59. The molecule has 1 aromatic carbocycles. The number of carbonyl (C=O) groups is 3. The van der Waals surface area contributed by atoms with Gasteiger partial charge >= 0.3 is 11.8 Å². The van der Waals surface area contributed by atoms with Crippen LogP contribution in [-0.2, 0) is 14.3 Å². The highest BCUT2D eigenvalue weighted by Crippen LogP contribution is 2.09. The monoisotopic (exact) mass is 321 g/mol. The first-order valence-electron chi connectivity index (χ1n) is 7.62. The first-order valence-corrected chi connectivity index (χ1v) is 7.62. The van der Waals surface area contributed by atoms with Crippen LogP contribution < -0.4 is 16.4 Å². The molecule has 0 atom stereocenters. The summed E-state index contributed by atoms with van der Waals surface area (Å²) in [6, 6.07) is 6.30. The number of anilines is 1. The molecule has 1 rings (SSSR count). The molecule has 126 valence electrons. The zero-order valence-corrected chi connectivity index (χ0v) is 13.3. The number of nitrogens with one attached hydrogen (secondary N) is 2. The van der Waals surface area contributed by atoms with Gasteiger partial charge in [-0.15, -0.1) is 0 Å². The highest BCUT2D eigenvalue weighted by atomic mass is 16.5. The summed E-state index contributed by atoms with van der Waals surface area (Å²) in [4.78, 5) is 35.1. The maximum Gasteiger partial charge on any atom is 0.316 e. The number of benzene rings is 1. The van der Waals surface area contributed by atoms with E-state index >= 15 is 0 Å². The number of amides is 3. The average molecular weight is 321 g/mol. The molecule has 4 N–H and O–H groups in total. The van der Waals surface area contributed by atoms with Crippen molar-refractivity contribution in [3.05, 3.63) is 29.8 Å². The zero-order valence-electron chi connectivity index (χ0n) is 13.3. The Bertz CT molecular complexity index is 546. The molecule has 3 amide bonds. The largest absolute Gasteiger partial charge is 0.398 e. The normalized spacial score (nSPS) is 10.1. The van der Waals surface area contributed by atoms with Gasteiger partial charge in [0, 0.05) is 25.4 Å². The van der Waals surface area contributed by atoms with Crippen LogP contribution in [0.1, 0.15) is 36.5 Å². The van der Waals surface area contributed by atoms with Crippen LogP contribution in [0.25, 0.3) is 0 Å². The minimum Gasteiger partial charge on any atom is -0.398 e. The third kappa shape index (κ3) is 6.92. The first-order chi connectivity index (χ1) is 11.1. The molecule has 0 aromatic heterocycles. The quantitative estimate of drug-likeness (QED) is 0.373. The number of nitrogen functional groups attached to an aromatic ring is 1. The standard InChI is InChI=1S/C16H23N3O4/c1-2-3-10-23-11-6-9-18-15(21)16(22)19-14(20)12-7-4-5-8-13(12)17/h4-5,7-8H,2-3,6,9-11,17H2,1H3,(H,18,21)(H,19,20,22). The van der Waals surface area contributed by atoms with Gasteiger partial charge in [0.2, 0.25) is 0 Å². The fourth-order valence-corrected chi connectivity index (χ4v) is 1.74. The molecule has 0 aliphatic heterocycles. The number of rotatable bonds is 8. The lowest BCUT2D eigenvalue weighted by Crippen LogP contribution is -2.43. The molecular weight excluding hydrogens is 298 g/mol. The van der Waals surface area contributed by atoms with E-state index in [1.807, 2.05) is 5.32 Å². The van der Waals surface area contributed by atoms with Crippen molar-refractivity contribution in [2.24, 2.45) is 0 Å². The predicted octanol–water partition coefficient (Wildman–Crippen LogP) is 0.848. The molecule has 7 nitrogen and oxygen atoms in total. The van der Waals surface area contributed by atoms with E-state index in [2.05, 4.69) is 12.2 Å². The molecule has 0 unspecified atom stereocenters. The minimum absolute atomic E-state index is 0.151. The van der Waals surface area contributed by atoms with E-state index in [0.717, 1.165) is 12.8 Å². The van der Waals surface area contributed by atoms with Gasteiger partial charge in [-0.25, -0.2) is 0 Å². The van der Waals surface area contributed by atoms with Crippen LogP contribution in [0.2, 0.25) is 0 Å². The number of hydrogen-bond donors (Lipinski definition) is 3. The van der Waals surface area contributed by atoms with E-state index in [9.17, 15) is 14.4 Å². The van der Waals surface area contributed by atoms with Gasteiger partial charge in [0.25, 0.3) is 5.91 Å². The minimum atomic E-state index is -1.01. The predicted molar refractivity (Wildman–Crippen MR) is 86.7 cm³/mol. The van der Waals surface area contributed by atoms with E-state index in [1.54, 1.807) is 12.1 Å². The van der Waals surface area contributed by atoms with Gasteiger partial charge in [0.15, 0.2) is 0 Å². The summed E-state index contributed by atoms with van der Waals surface area (Å²) >= 11 is 0. The summed E-state index contributed by atoms with van der Waals surface area (Å²) < 4.78 is 5.33. The number of ether oxygens (including phenoxy) is 1. The van der Waals surface area contributed by atoms with Crippen molar-refractivity contribution in [3.63, 3.8) is 0 Å². The fraction of sp³-hybridized carbons (Fsp3) is 0.438. The van der Waals surface area contributed by atoms with Gasteiger partial charge in [-0.1, -0.05) is 25.5 Å². The van der Waals surface area contributed by atoms with Crippen molar-refractivity contribution in [3.8, 4) is 0 Å². The van der Waals surface area contributed by atoms with Gasteiger partial charge in [0.05, 0.1) is 5.56 Å². The Kier molecular flexibility index (Phi) is 8.38. The maximum absolute atomic E-state index is 11.8. The van der Waals surface area contributed by atoms with Gasteiger partial charge < -0.3 is 15.8 Å². The highest BCUT2D eigenvalue weighted by Gasteiger charge is 2.18. The first kappa shape index (κ1) is 18.6. The van der Waals surface area contributed by atoms with Crippen molar-refractivity contribution in [1.29, 1.82) is 0 Å². The fourth-order valence-electron chi connectivity index (χ4n) is 1.74. The number of nitrogens with two attached hydrogens (primary N) is 1. The summed E-state index contributed by atoms with van der Waals surface area (Å²) in [7, 11) is 0. The van der Waals surface area contributed by atoms with Crippen LogP contribution >= 0.6 is 0 Å². The van der Waals surface area contributed by atoms with E-state index in [-0.39, 0.29) is 11.3 Å². The smallest absolute Gasteiger partial charge is 0.316 e. The van der Waals surface area contributed by atoms with Crippen LogP contribution in [-0.4, -0.2) is 37.5 Å². The van der Waals surface area contributed by atoms with Crippen LogP contribution in [0.15, 0.2) is 24.3 Å². The Morgan fingerprint density at radius 1 is 1.09 bits per heavy atom. The lowest BCUT2D eigenvalue weighted by atomic mass is 10.1. The van der Waals surface area contributed by atoms with Crippen molar-refractivity contribution < 1.29 is 19.1 Å². The van der Waals surface area contributed by atoms with Crippen molar-refractivity contribution in [1.82, 2.24) is 10.6 Å². The number of unbranched alkanes of at least 4 members (excludes halogenated alkanes) is 1. The summed E-state index contributed by atoms with van der Waals surface area (Å²) in [6.07, 6.45) is 2.67. The number of carbonyl (C=O) groups excluding carboxylic acids is 3. The second-order valence-corrected chi connectivity index (χ2v) is 4.95. The van der Waals surface area contributed by atoms with Gasteiger partial charge in [-0.2, -0.15) is 0 Å². The Balaban J connectivity index is 2.28. The van der Waals surface area contributed by atoms with Gasteiger partial charge in [-0.3, -0.25) is 19.7 Å². The second-order valence-electron chi connectivity index (χ2n) is 4.95. The Labute approximate surface area is 135 Å². The molecule has 0 radical (unpaired) electrons. The lowest BCUT2D eigenvalue weighted by molar-refractivity contribution is -0.138. The molecule has 0 saturated heterocycles. The van der Waals surface area contributed by atoms with E-state index < -0.39 is 17.7 Å². The van der Waals surface area contributed by atoms with Gasteiger partial charge in [0.1, 0.15) is 0 Å². The molecular formula is C16H23N3O4. The summed E-state index contributed by atoms with van der Waals surface area (Å²) in [5.41, 5.74) is 6.02. The van der Waals surface area contributed by atoms with Crippen molar-refractivity contribution in [2.75, 3.05) is 25.5 Å². The Hall–Kier alpha value is -2.41. The highest BCUT2D eigenvalue weighted by molar-refractivity contribution is 6.38. The molecule has 0 heterocycles. The third-order valence-electron chi connectivity index (χ3n) is 3.03. The van der Waals surface area contributed by atoms with Crippen molar-refractivity contribution in [2.45, 2.75) is 26.2 Å². The van der Waals surface area contributed by atoms with Crippen LogP contribution in [0.4, 0.5) is 5.69 Å². The Morgan fingerprint density at radius 2 is 1.78 bits per heavy atom. The summed E-state index contributed by atoms with van der Waals surface area (Å²) in [5.74, 6) is -2.57. The SMILES string of the molecule is CCCCOCCCNC(=O)C(=O)NC(=O)c1ccccc1N. The van der Waals surface area contributed by atoms with Crippen LogP contribution in [0, 0.1) is 0 Å². The topological polar surface area (TPSA) is 111 Å². The molecule has 7 heteroatoms. The zero-order chi connectivity index (χ0) is 17.1. The molecule has 0 aliphatic carbocycles. The number of imide groups is 1. The maximum atomic E-state index is 11.8. The molecule has 0 aliphatic rings. The third-order valence-corrected chi connectivity index (χ3v) is 3.03. The van der Waals surface area contributed by atoms with E-state index in [1.165, 1.54) is 12.1 Å². The second kappa shape index (κ2) is 10.3. The molecule has 0 bridgehead atoms. The van der Waals surface area contributed by atoms with Gasteiger partial charge in [-0.05, 0) is 25.0 Å². The molecule has 23 heavy (non-hydrogen) atoms. The lowest BCUT2D eigenvalue weighted by Gasteiger charge is -2.07. The van der Waals surface area contributed by atoms with Crippen LogP contribution in [0.3, 0.4) is 0 Å². The van der Waals surface area contributed by atoms with E-state index in [4.69, 9.17) is 10.5 Å². The molecule has 0 spiro atoms. The Morgan fingerprint density at radius 3 is 2.48 bits per heavy atom. The number of para-hydroxylation sites is 1. The van der Waals surface area contributed by atoms with E-state index in [0.29, 0.717) is 26.2 Å².